The van der Waals surface area contributed by atoms with Gasteiger partial charge in [-0.3, -0.25) is 4.79 Å². The lowest BCUT2D eigenvalue weighted by Crippen LogP contribution is -2.17. The second kappa shape index (κ2) is 10.8. The van der Waals surface area contributed by atoms with Crippen LogP contribution in [0.3, 0.4) is 0 Å². The van der Waals surface area contributed by atoms with Crippen molar-refractivity contribution in [1.82, 2.24) is 0 Å². The number of aryl methyl sites for hydroxylation is 1. The largest absolute Gasteiger partial charge is 0.573 e. The number of ether oxygens (including phenoxy) is 3. The van der Waals surface area contributed by atoms with Crippen LogP contribution in [0.2, 0.25) is 0 Å². The van der Waals surface area contributed by atoms with Gasteiger partial charge in [0.25, 0.3) is 0 Å². The first-order valence-electron chi connectivity index (χ1n) is 10.9. The molecule has 184 valence electrons. The normalized spacial score (nSPS) is 11.6. The first-order chi connectivity index (χ1) is 16.1. The SMILES string of the molecule is CCOC(=O)CCc1ccc(OCc2cc(OC(F)(F)F)cc3cc(CCO)oc23)c(C)c1C. The van der Waals surface area contributed by atoms with Gasteiger partial charge in [-0.05, 0) is 68.1 Å². The van der Waals surface area contributed by atoms with E-state index >= 15 is 0 Å². The van der Waals surface area contributed by atoms with E-state index in [4.69, 9.17) is 19.0 Å². The minimum absolute atomic E-state index is 0.0555. The van der Waals surface area contributed by atoms with Gasteiger partial charge in [0.2, 0.25) is 0 Å². The van der Waals surface area contributed by atoms with Gasteiger partial charge in [-0.2, -0.15) is 0 Å². The van der Waals surface area contributed by atoms with Crippen molar-refractivity contribution in [3.8, 4) is 11.5 Å². The number of esters is 1. The predicted molar refractivity (Wildman–Crippen MR) is 119 cm³/mol. The fraction of sp³-hybridized carbons (Fsp3) is 0.400. The summed E-state index contributed by atoms with van der Waals surface area (Å²) < 4.78 is 59.2. The van der Waals surface area contributed by atoms with Crippen molar-refractivity contribution in [2.75, 3.05) is 13.2 Å². The quantitative estimate of drug-likeness (QED) is 0.383. The maximum absolute atomic E-state index is 12.8. The van der Waals surface area contributed by atoms with E-state index in [0.29, 0.717) is 41.1 Å². The average molecular weight is 480 g/mol. The Bertz CT molecular complexity index is 1150. The molecule has 0 atom stereocenters. The zero-order chi connectivity index (χ0) is 24.9. The zero-order valence-electron chi connectivity index (χ0n) is 19.3. The van der Waals surface area contributed by atoms with E-state index in [2.05, 4.69) is 4.74 Å². The van der Waals surface area contributed by atoms with E-state index in [9.17, 15) is 18.0 Å². The van der Waals surface area contributed by atoms with E-state index in [-0.39, 0.29) is 37.8 Å². The highest BCUT2D eigenvalue weighted by Gasteiger charge is 2.31. The van der Waals surface area contributed by atoms with Crippen LogP contribution in [-0.4, -0.2) is 30.7 Å². The minimum Gasteiger partial charge on any atom is -0.488 e. The molecular weight excluding hydrogens is 453 g/mol. The summed E-state index contributed by atoms with van der Waals surface area (Å²) in [5.74, 6) is 0.372. The molecule has 1 N–H and O–H groups in total. The fourth-order valence-corrected chi connectivity index (χ4v) is 3.69. The van der Waals surface area contributed by atoms with Crippen LogP contribution in [0.15, 0.2) is 34.7 Å². The lowest BCUT2D eigenvalue weighted by Gasteiger charge is -2.15. The molecule has 9 heteroatoms. The van der Waals surface area contributed by atoms with Crippen molar-refractivity contribution in [2.24, 2.45) is 0 Å². The van der Waals surface area contributed by atoms with Gasteiger partial charge in [-0.1, -0.05) is 6.07 Å². The van der Waals surface area contributed by atoms with Crippen molar-refractivity contribution in [1.29, 1.82) is 0 Å². The Morgan fingerprint density at radius 2 is 1.82 bits per heavy atom. The summed E-state index contributed by atoms with van der Waals surface area (Å²) in [5, 5.41) is 9.59. The highest BCUT2D eigenvalue weighted by molar-refractivity contribution is 5.83. The number of fused-ring (bicyclic) bond motifs is 1. The maximum atomic E-state index is 12.8. The molecule has 0 amide bonds. The van der Waals surface area contributed by atoms with Crippen LogP contribution in [0.1, 0.15) is 41.4 Å². The Hall–Kier alpha value is -3.20. The average Bonchev–Trinajstić information content (AvgIpc) is 3.15. The lowest BCUT2D eigenvalue weighted by atomic mass is 9.99. The topological polar surface area (TPSA) is 78.1 Å². The summed E-state index contributed by atoms with van der Waals surface area (Å²) in [6.07, 6.45) is -3.80. The summed E-state index contributed by atoms with van der Waals surface area (Å²) in [5.41, 5.74) is 3.56. The third kappa shape index (κ3) is 6.44. The Morgan fingerprint density at radius 3 is 2.50 bits per heavy atom. The molecular formula is C25H27F3O6. The Morgan fingerprint density at radius 1 is 1.06 bits per heavy atom. The summed E-state index contributed by atoms with van der Waals surface area (Å²) in [6.45, 7) is 5.69. The van der Waals surface area contributed by atoms with Crippen LogP contribution < -0.4 is 9.47 Å². The molecule has 0 fully saturated rings. The van der Waals surface area contributed by atoms with Crippen molar-refractivity contribution < 1.29 is 41.7 Å². The number of furan rings is 1. The first kappa shape index (κ1) is 25.4. The van der Waals surface area contributed by atoms with Crippen LogP contribution >= 0.6 is 0 Å². The third-order valence-corrected chi connectivity index (χ3v) is 5.45. The van der Waals surface area contributed by atoms with Gasteiger partial charge >= 0.3 is 12.3 Å². The molecule has 6 nitrogen and oxygen atoms in total. The van der Waals surface area contributed by atoms with Gasteiger partial charge in [-0.25, -0.2) is 0 Å². The lowest BCUT2D eigenvalue weighted by molar-refractivity contribution is -0.274. The molecule has 0 aliphatic carbocycles. The molecule has 0 saturated heterocycles. The molecule has 0 aliphatic rings. The molecule has 0 spiro atoms. The van der Waals surface area contributed by atoms with Crippen molar-refractivity contribution in [3.63, 3.8) is 0 Å². The molecule has 0 saturated carbocycles. The first-order valence-corrected chi connectivity index (χ1v) is 10.9. The number of alkyl halides is 3. The van der Waals surface area contributed by atoms with Crippen molar-refractivity contribution >= 4 is 16.9 Å². The molecule has 3 aromatic rings. The highest BCUT2D eigenvalue weighted by Crippen LogP contribution is 2.33. The number of hydrogen-bond donors (Lipinski definition) is 1. The number of carbonyl (C=O) groups is 1. The molecule has 0 aliphatic heterocycles. The molecule has 0 radical (unpaired) electrons. The summed E-state index contributed by atoms with van der Waals surface area (Å²) in [6, 6.07) is 7.69. The Balaban J connectivity index is 1.83. The molecule has 0 bridgehead atoms. The third-order valence-electron chi connectivity index (χ3n) is 5.45. The second-order valence-corrected chi connectivity index (χ2v) is 7.80. The highest BCUT2D eigenvalue weighted by atomic mass is 19.4. The smallest absolute Gasteiger partial charge is 0.488 e. The number of aliphatic hydroxyl groups is 1. The standard InChI is InChI=1S/C25H27F3O6/c1-4-31-23(30)8-6-17-5-7-22(16(3)15(17)2)32-14-19-13-21(34-25(26,27)28)12-18-11-20(9-10-29)33-24(18)19/h5,7,11-13,29H,4,6,8-10,14H2,1-3H3. The van der Waals surface area contributed by atoms with Gasteiger partial charge in [-0.15, -0.1) is 13.2 Å². The summed E-state index contributed by atoms with van der Waals surface area (Å²) in [7, 11) is 0. The van der Waals surface area contributed by atoms with E-state index in [1.54, 1.807) is 19.1 Å². The van der Waals surface area contributed by atoms with Crippen LogP contribution in [0, 0.1) is 13.8 Å². The number of halogens is 3. The molecule has 3 rings (SSSR count). The second-order valence-electron chi connectivity index (χ2n) is 7.80. The summed E-state index contributed by atoms with van der Waals surface area (Å²) in [4.78, 5) is 11.7. The van der Waals surface area contributed by atoms with Gasteiger partial charge in [0, 0.05) is 23.8 Å². The van der Waals surface area contributed by atoms with Crippen LogP contribution in [0.4, 0.5) is 13.2 Å². The van der Waals surface area contributed by atoms with Crippen LogP contribution in [0.25, 0.3) is 11.0 Å². The molecule has 34 heavy (non-hydrogen) atoms. The van der Waals surface area contributed by atoms with E-state index < -0.39 is 6.36 Å². The number of aliphatic hydroxyl groups excluding tert-OH is 1. The number of benzene rings is 2. The number of rotatable bonds is 10. The van der Waals surface area contributed by atoms with E-state index in [0.717, 1.165) is 16.7 Å². The molecule has 2 aromatic carbocycles. The van der Waals surface area contributed by atoms with Crippen molar-refractivity contribution in [2.45, 2.75) is 53.0 Å². The number of carbonyl (C=O) groups excluding carboxylic acids is 1. The van der Waals surface area contributed by atoms with E-state index in [1.807, 2.05) is 19.9 Å². The maximum Gasteiger partial charge on any atom is 0.573 e. The fourth-order valence-electron chi connectivity index (χ4n) is 3.69. The van der Waals surface area contributed by atoms with Crippen LogP contribution in [-0.2, 0) is 29.0 Å². The summed E-state index contributed by atoms with van der Waals surface area (Å²) >= 11 is 0. The Kier molecular flexibility index (Phi) is 8.09. The Labute approximate surface area is 195 Å². The molecule has 0 unspecified atom stereocenters. The van der Waals surface area contributed by atoms with Gasteiger partial charge in [0.15, 0.2) is 0 Å². The molecule has 1 heterocycles. The van der Waals surface area contributed by atoms with E-state index in [1.165, 1.54) is 12.1 Å². The van der Waals surface area contributed by atoms with Gasteiger partial charge in [0.1, 0.15) is 29.4 Å². The molecule has 1 aromatic heterocycles. The zero-order valence-corrected chi connectivity index (χ0v) is 19.3. The predicted octanol–water partition coefficient (Wildman–Crippen LogP) is 5.56. The van der Waals surface area contributed by atoms with Crippen molar-refractivity contribution in [3.05, 3.63) is 58.3 Å². The van der Waals surface area contributed by atoms with Crippen LogP contribution in [0.5, 0.6) is 11.5 Å². The number of hydrogen-bond acceptors (Lipinski definition) is 6. The van der Waals surface area contributed by atoms with Gasteiger partial charge < -0.3 is 23.7 Å². The minimum atomic E-state index is -4.84. The van der Waals surface area contributed by atoms with Gasteiger partial charge in [0.05, 0.1) is 13.2 Å². The monoisotopic (exact) mass is 480 g/mol.